The Kier molecular flexibility index (Phi) is 7.58. The van der Waals surface area contributed by atoms with Crippen LogP contribution >= 0.6 is 0 Å². The standard InChI is InChI=1S/C11H25N/c1-5-7-8-9-11(10(3)4)12-6-2/h10-12H,5-9H2,1-4H3. The quantitative estimate of drug-likeness (QED) is 0.580. The minimum atomic E-state index is 0.738. The first-order valence-electron chi connectivity index (χ1n) is 5.45. The average molecular weight is 171 g/mol. The van der Waals surface area contributed by atoms with Crippen molar-refractivity contribution in [1.82, 2.24) is 5.32 Å². The highest BCUT2D eigenvalue weighted by molar-refractivity contribution is 4.69. The van der Waals surface area contributed by atoms with Crippen LogP contribution in [0.1, 0.15) is 53.4 Å². The number of hydrogen-bond acceptors (Lipinski definition) is 1. The van der Waals surface area contributed by atoms with E-state index in [1.807, 2.05) is 0 Å². The molecule has 1 heteroatoms. The third kappa shape index (κ3) is 5.59. The van der Waals surface area contributed by atoms with Crippen LogP contribution in [0, 0.1) is 5.92 Å². The Morgan fingerprint density at radius 1 is 1.08 bits per heavy atom. The predicted molar refractivity (Wildman–Crippen MR) is 56.4 cm³/mol. The lowest BCUT2D eigenvalue weighted by molar-refractivity contribution is 0.373. The molecule has 0 heterocycles. The van der Waals surface area contributed by atoms with Crippen LogP contribution in [0.4, 0.5) is 0 Å². The molecule has 1 nitrogen and oxygen atoms in total. The SMILES string of the molecule is CCCCCC(NCC)C(C)C. The van der Waals surface area contributed by atoms with Crippen molar-refractivity contribution in [3.8, 4) is 0 Å². The van der Waals surface area contributed by atoms with Gasteiger partial charge in [-0.2, -0.15) is 0 Å². The van der Waals surface area contributed by atoms with E-state index in [0.717, 1.165) is 18.5 Å². The summed E-state index contributed by atoms with van der Waals surface area (Å²) in [4.78, 5) is 0. The zero-order valence-electron chi connectivity index (χ0n) is 9.19. The van der Waals surface area contributed by atoms with E-state index < -0.39 is 0 Å². The number of nitrogens with one attached hydrogen (secondary N) is 1. The van der Waals surface area contributed by atoms with Gasteiger partial charge in [0.15, 0.2) is 0 Å². The molecule has 12 heavy (non-hydrogen) atoms. The monoisotopic (exact) mass is 171 g/mol. The molecule has 0 aliphatic heterocycles. The molecule has 0 aromatic rings. The largest absolute Gasteiger partial charge is 0.314 e. The molecule has 0 saturated carbocycles. The Labute approximate surface area is 77.9 Å². The normalized spacial score (nSPS) is 13.8. The van der Waals surface area contributed by atoms with Gasteiger partial charge >= 0.3 is 0 Å². The third-order valence-electron chi connectivity index (χ3n) is 2.39. The molecule has 0 fully saturated rings. The summed E-state index contributed by atoms with van der Waals surface area (Å²) in [5.74, 6) is 0.779. The first-order valence-corrected chi connectivity index (χ1v) is 5.45. The Morgan fingerprint density at radius 2 is 1.75 bits per heavy atom. The average Bonchev–Trinajstić information content (AvgIpc) is 2.03. The van der Waals surface area contributed by atoms with Crippen LogP contribution in [-0.4, -0.2) is 12.6 Å². The highest BCUT2D eigenvalue weighted by Crippen LogP contribution is 2.10. The smallest absolute Gasteiger partial charge is 0.00899 e. The Bertz CT molecular complexity index is 89.0. The lowest BCUT2D eigenvalue weighted by Crippen LogP contribution is -2.33. The lowest BCUT2D eigenvalue weighted by Gasteiger charge is -2.21. The van der Waals surface area contributed by atoms with E-state index in [2.05, 4.69) is 33.0 Å². The molecular weight excluding hydrogens is 146 g/mol. The van der Waals surface area contributed by atoms with Gasteiger partial charge in [0.1, 0.15) is 0 Å². The molecule has 0 aliphatic rings. The maximum atomic E-state index is 3.54. The van der Waals surface area contributed by atoms with Gasteiger partial charge in [0.05, 0.1) is 0 Å². The Morgan fingerprint density at radius 3 is 2.17 bits per heavy atom. The molecule has 0 amide bonds. The van der Waals surface area contributed by atoms with Crippen molar-refractivity contribution in [2.24, 2.45) is 5.92 Å². The van der Waals surface area contributed by atoms with Crippen LogP contribution < -0.4 is 5.32 Å². The van der Waals surface area contributed by atoms with E-state index >= 15 is 0 Å². The molecule has 1 N–H and O–H groups in total. The van der Waals surface area contributed by atoms with Gasteiger partial charge in [0.25, 0.3) is 0 Å². The van der Waals surface area contributed by atoms with Crippen LogP contribution in [0.3, 0.4) is 0 Å². The summed E-state index contributed by atoms with van der Waals surface area (Å²) < 4.78 is 0. The van der Waals surface area contributed by atoms with Gasteiger partial charge in [-0.15, -0.1) is 0 Å². The molecule has 0 spiro atoms. The molecule has 0 bridgehead atoms. The fourth-order valence-corrected chi connectivity index (χ4v) is 1.55. The van der Waals surface area contributed by atoms with Crippen LogP contribution in [0.25, 0.3) is 0 Å². The van der Waals surface area contributed by atoms with Crippen LogP contribution in [-0.2, 0) is 0 Å². The molecule has 74 valence electrons. The molecule has 0 rings (SSSR count). The van der Waals surface area contributed by atoms with E-state index in [-0.39, 0.29) is 0 Å². The predicted octanol–water partition coefficient (Wildman–Crippen LogP) is 3.20. The lowest BCUT2D eigenvalue weighted by atomic mass is 9.98. The van der Waals surface area contributed by atoms with Gasteiger partial charge in [-0.1, -0.05) is 47.0 Å². The van der Waals surface area contributed by atoms with E-state index in [1.165, 1.54) is 25.7 Å². The minimum Gasteiger partial charge on any atom is -0.314 e. The zero-order valence-corrected chi connectivity index (χ0v) is 9.19. The maximum Gasteiger partial charge on any atom is 0.00899 e. The van der Waals surface area contributed by atoms with Crippen molar-refractivity contribution in [3.05, 3.63) is 0 Å². The Hall–Kier alpha value is -0.0400. The molecular formula is C11H25N. The van der Waals surface area contributed by atoms with E-state index in [0.29, 0.717) is 0 Å². The van der Waals surface area contributed by atoms with Gasteiger partial charge < -0.3 is 5.32 Å². The van der Waals surface area contributed by atoms with Gasteiger partial charge in [-0.3, -0.25) is 0 Å². The molecule has 1 unspecified atom stereocenters. The van der Waals surface area contributed by atoms with Gasteiger partial charge in [0, 0.05) is 6.04 Å². The van der Waals surface area contributed by atoms with E-state index in [9.17, 15) is 0 Å². The van der Waals surface area contributed by atoms with Crippen molar-refractivity contribution in [2.75, 3.05) is 6.54 Å². The van der Waals surface area contributed by atoms with Crippen LogP contribution in [0.5, 0.6) is 0 Å². The summed E-state index contributed by atoms with van der Waals surface area (Å²) in [5, 5.41) is 3.54. The third-order valence-corrected chi connectivity index (χ3v) is 2.39. The van der Waals surface area contributed by atoms with Crippen molar-refractivity contribution in [1.29, 1.82) is 0 Å². The summed E-state index contributed by atoms with van der Waals surface area (Å²) in [6.45, 7) is 10.2. The van der Waals surface area contributed by atoms with Crippen molar-refractivity contribution in [3.63, 3.8) is 0 Å². The molecule has 0 aromatic heterocycles. The summed E-state index contributed by atoms with van der Waals surface area (Å²) in [5.41, 5.74) is 0. The second-order valence-corrected chi connectivity index (χ2v) is 3.90. The van der Waals surface area contributed by atoms with Crippen molar-refractivity contribution in [2.45, 2.75) is 59.4 Å². The zero-order chi connectivity index (χ0) is 9.40. The molecule has 0 radical (unpaired) electrons. The highest BCUT2D eigenvalue weighted by Gasteiger charge is 2.10. The fourth-order valence-electron chi connectivity index (χ4n) is 1.55. The summed E-state index contributed by atoms with van der Waals surface area (Å²) in [6.07, 6.45) is 5.44. The molecule has 0 saturated heterocycles. The topological polar surface area (TPSA) is 12.0 Å². The summed E-state index contributed by atoms with van der Waals surface area (Å²) in [6, 6.07) is 0.738. The second-order valence-electron chi connectivity index (χ2n) is 3.90. The van der Waals surface area contributed by atoms with E-state index in [4.69, 9.17) is 0 Å². The number of unbranched alkanes of at least 4 members (excludes halogenated alkanes) is 2. The van der Waals surface area contributed by atoms with Crippen molar-refractivity contribution < 1.29 is 0 Å². The highest BCUT2D eigenvalue weighted by atomic mass is 14.9. The van der Waals surface area contributed by atoms with Crippen LogP contribution in [0.15, 0.2) is 0 Å². The molecule has 0 aliphatic carbocycles. The van der Waals surface area contributed by atoms with Crippen LogP contribution in [0.2, 0.25) is 0 Å². The number of hydrogen-bond donors (Lipinski definition) is 1. The van der Waals surface area contributed by atoms with Gasteiger partial charge in [-0.25, -0.2) is 0 Å². The molecule has 1 atom stereocenters. The minimum absolute atomic E-state index is 0.738. The summed E-state index contributed by atoms with van der Waals surface area (Å²) >= 11 is 0. The van der Waals surface area contributed by atoms with Gasteiger partial charge in [0.2, 0.25) is 0 Å². The first-order chi connectivity index (χ1) is 5.72. The van der Waals surface area contributed by atoms with Crippen molar-refractivity contribution >= 4 is 0 Å². The first kappa shape index (κ1) is 12.0. The van der Waals surface area contributed by atoms with Gasteiger partial charge in [-0.05, 0) is 18.9 Å². The number of rotatable bonds is 7. The fraction of sp³-hybridized carbons (Fsp3) is 1.00. The maximum absolute atomic E-state index is 3.54. The summed E-state index contributed by atoms with van der Waals surface area (Å²) in [7, 11) is 0. The molecule has 0 aromatic carbocycles. The van der Waals surface area contributed by atoms with E-state index in [1.54, 1.807) is 0 Å². The second kappa shape index (κ2) is 7.60. The Balaban J connectivity index is 3.49.